The summed E-state index contributed by atoms with van der Waals surface area (Å²) in [5, 5.41) is 9.28. The van der Waals surface area contributed by atoms with Crippen LogP contribution in [0.5, 0.6) is 5.75 Å². The van der Waals surface area contributed by atoms with Gasteiger partial charge in [-0.25, -0.2) is 5.43 Å². The lowest BCUT2D eigenvalue weighted by atomic mass is 10.1. The van der Waals surface area contributed by atoms with Crippen LogP contribution in [0.2, 0.25) is 0 Å². The van der Waals surface area contributed by atoms with Crippen molar-refractivity contribution >= 4 is 35.3 Å². The summed E-state index contributed by atoms with van der Waals surface area (Å²) >= 11 is 0. The third-order valence-electron chi connectivity index (χ3n) is 5.38. The molecule has 0 bridgehead atoms. The van der Waals surface area contributed by atoms with E-state index in [1.807, 2.05) is 51.1 Å². The molecular formula is C27H28N4O4. The van der Waals surface area contributed by atoms with Crippen LogP contribution in [0.3, 0.4) is 0 Å². The van der Waals surface area contributed by atoms with E-state index in [1.165, 1.54) is 6.21 Å². The number of carbonyl (C=O) groups excluding carboxylic acids is 3. The first-order chi connectivity index (χ1) is 16.9. The molecule has 0 unspecified atom stereocenters. The standard InChI is InChI=1S/C27H28N4O4/c1-4-20-11-5-7-13-23(20)29-25(32)17-35-24-15-8-6-12-21(24)16-28-31-27(34)26(33)30-22-14-9-10-18(2)19(22)3/h5-16H,4,17H2,1-3H3,(H,29,32)(H,30,33)(H,31,34)/b28-16-. The van der Waals surface area contributed by atoms with Crippen LogP contribution in [-0.4, -0.2) is 30.5 Å². The second-order valence-corrected chi connectivity index (χ2v) is 7.79. The number of hydrogen-bond acceptors (Lipinski definition) is 5. The highest BCUT2D eigenvalue weighted by atomic mass is 16.5. The molecule has 0 aromatic heterocycles. The number of aryl methyl sites for hydroxylation is 2. The van der Waals surface area contributed by atoms with Gasteiger partial charge in [-0.1, -0.05) is 49.4 Å². The van der Waals surface area contributed by atoms with E-state index in [0.29, 0.717) is 17.0 Å². The number of hydrogen-bond donors (Lipinski definition) is 3. The molecule has 0 heterocycles. The molecule has 0 aliphatic rings. The summed E-state index contributed by atoms with van der Waals surface area (Å²) in [4.78, 5) is 36.7. The minimum atomic E-state index is -0.908. The molecule has 8 nitrogen and oxygen atoms in total. The van der Waals surface area contributed by atoms with Crippen LogP contribution in [0.25, 0.3) is 0 Å². The van der Waals surface area contributed by atoms with Crippen molar-refractivity contribution in [3.8, 4) is 5.75 Å². The van der Waals surface area contributed by atoms with Crippen molar-refractivity contribution < 1.29 is 19.1 Å². The molecule has 0 spiro atoms. The Morgan fingerprint density at radius 1 is 0.857 bits per heavy atom. The maximum absolute atomic E-state index is 12.4. The van der Waals surface area contributed by atoms with Crippen LogP contribution >= 0.6 is 0 Å². The van der Waals surface area contributed by atoms with Crippen molar-refractivity contribution in [1.29, 1.82) is 0 Å². The molecule has 35 heavy (non-hydrogen) atoms. The summed E-state index contributed by atoms with van der Waals surface area (Å²) in [6, 6.07) is 19.9. The molecule has 0 saturated carbocycles. The number of benzene rings is 3. The Labute approximate surface area is 204 Å². The number of nitrogens with zero attached hydrogens (tertiary/aromatic N) is 1. The Bertz CT molecular complexity index is 1250. The summed E-state index contributed by atoms with van der Waals surface area (Å²) in [7, 11) is 0. The van der Waals surface area contributed by atoms with Crippen molar-refractivity contribution in [2.24, 2.45) is 5.10 Å². The zero-order valence-corrected chi connectivity index (χ0v) is 19.9. The van der Waals surface area contributed by atoms with E-state index < -0.39 is 11.8 Å². The highest BCUT2D eigenvalue weighted by Crippen LogP contribution is 2.19. The van der Waals surface area contributed by atoms with Crippen molar-refractivity contribution in [2.45, 2.75) is 27.2 Å². The van der Waals surface area contributed by atoms with Gasteiger partial charge < -0.3 is 15.4 Å². The minimum absolute atomic E-state index is 0.201. The van der Waals surface area contributed by atoms with E-state index in [1.54, 1.807) is 36.4 Å². The molecule has 8 heteroatoms. The average Bonchev–Trinajstić information content (AvgIpc) is 2.86. The van der Waals surface area contributed by atoms with E-state index in [9.17, 15) is 14.4 Å². The molecule has 0 aliphatic carbocycles. The number of carbonyl (C=O) groups is 3. The fraction of sp³-hybridized carbons (Fsp3) is 0.185. The maximum atomic E-state index is 12.4. The molecule has 3 amide bonds. The number of ether oxygens (including phenoxy) is 1. The number of para-hydroxylation sites is 2. The van der Waals surface area contributed by atoms with Crippen LogP contribution in [0.15, 0.2) is 71.8 Å². The second-order valence-electron chi connectivity index (χ2n) is 7.79. The van der Waals surface area contributed by atoms with Gasteiger partial charge in [0.2, 0.25) is 0 Å². The lowest BCUT2D eigenvalue weighted by Gasteiger charge is -2.11. The molecule has 3 aromatic rings. The van der Waals surface area contributed by atoms with Gasteiger partial charge in [0, 0.05) is 16.9 Å². The minimum Gasteiger partial charge on any atom is -0.483 e. The van der Waals surface area contributed by atoms with Gasteiger partial charge in [-0.15, -0.1) is 0 Å². The first-order valence-corrected chi connectivity index (χ1v) is 11.2. The predicted molar refractivity (Wildman–Crippen MR) is 137 cm³/mol. The molecule has 3 rings (SSSR count). The summed E-state index contributed by atoms with van der Waals surface area (Å²) < 4.78 is 5.66. The first kappa shape index (κ1) is 25.2. The summed E-state index contributed by atoms with van der Waals surface area (Å²) in [5.41, 5.74) is 6.97. The lowest BCUT2D eigenvalue weighted by Crippen LogP contribution is -2.32. The molecule has 0 fully saturated rings. The molecule has 3 aromatic carbocycles. The highest BCUT2D eigenvalue weighted by molar-refractivity contribution is 6.39. The molecule has 0 radical (unpaired) electrons. The third-order valence-corrected chi connectivity index (χ3v) is 5.38. The van der Waals surface area contributed by atoms with Gasteiger partial charge in [0.25, 0.3) is 5.91 Å². The average molecular weight is 473 g/mol. The van der Waals surface area contributed by atoms with Crippen molar-refractivity contribution in [2.75, 3.05) is 17.2 Å². The van der Waals surface area contributed by atoms with E-state index >= 15 is 0 Å². The first-order valence-electron chi connectivity index (χ1n) is 11.2. The third kappa shape index (κ3) is 7.01. The smallest absolute Gasteiger partial charge is 0.329 e. The maximum Gasteiger partial charge on any atom is 0.329 e. The largest absolute Gasteiger partial charge is 0.483 e. The van der Waals surface area contributed by atoms with Crippen molar-refractivity contribution in [1.82, 2.24) is 5.43 Å². The number of rotatable bonds is 8. The van der Waals surface area contributed by atoms with Crippen LogP contribution in [-0.2, 0) is 20.8 Å². The summed E-state index contributed by atoms with van der Waals surface area (Å²) in [5.74, 6) is -1.63. The Morgan fingerprint density at radius 2 is 1.57 bits per heavy atom. The Morgan fingerprint density at radius 3 is 2.37 bits per heavy atom. The number of amides is 3. The van der Waals surface area contributed by atoms with Gasteiger partial charge in [0.15, 0.2) is 6.61 Å². The number of nitrogens with one attached hydrogen (secondary N) is 3. The van der Waals surface area contributed by atoms with Gasteiger partial charge in [-0.2, -0.15) is 5.10 Å². The van der Waals surface area contributed by atoms with Gasteiger partial charge >= 0.3 is 11.8 Å². The summed E-state index contributed by atoms with van der Waals surface area (Å²) in [6.07, 6.45) is 2.15. The van der Waals surface area contributed by atoms with Crippen molar-refractivity contribution in [3.63, 3.8) is 0 Å². The zero-order chi connectivity index (χ0) is 25.2. The Hall–Kier alpha value is -4.46. The molecule has 0 atom stereocenters. The van der Waals surface area contributed by atoms with E-state index in [2.05, 4.69) is 21.2 Å². The highest BCUT2D eigenvalue weighted by Gasteiger charge is 2.14. The SMILES string of the molecule is CCc1ccccc1NC(=O)COc1ccccc1/C=N\NC(=O)C(=O)Nc1cccc(C)c1C. The van der Waals surface area contributed by atoms with Gasteiger partial charge in [-0.3, -0.25) is 14.4 Å². The fourth-order valence-corrected chi connectivity index (χ4v) is 3.28. The zero-order valence-electron chi connectivity index (χ0n) is 19.9. The van der Waals surface area contributed by atoms with Crippen molar-refractivity contribution in [3.05, 3.63) is 89.0 Å². The molecule has 180 valence electrons. The molecule has 0 aliphatic heterocycles. The Kier molecular flexibility index (Phi) is 8.72. The topological polar surface area (TPSA) is 109 Å². The lowest BCUT2D eigenvalue weighted by molar-refractivity contribution is -0.136. The van der Waals surface area contributed by atoms with E-state index in [-0.39, 0.29) is 12.5 Å². The van der Waals surface area contributed by atoms with Gasteiger partial charge in [0.05, 0.1) is 6.21 Å². The monoisotopic (exact) mass is 472 g/mol. The molecule has 0 saturated heterocycles. The van der Waals surface area contributed by atoms with Crippen LogP contribution in [0, 0.1) is 13.8 Å². The summed E-state index contributed by atoms with van der Waals surface area (Å²) in [6.45, 7) is 5.60. The molecule has 3 N–H and O–H groups in total. The Balaban J connectivity index is 1.56. The van der Waals surface area contributed by atoms with E-state index in [0.717, 1.165) is 28.8 Å². The van der Waals surface area contributed by atoms with E-state index in [4.69, 9.17) is 4.74 Å². The van der Waals surface area contributed by atoms with Crippen LogP contribution in [0.1, 0.15) is 29.2 Å². The predicted octanol–water partition coefficient (Wildman–Crippen LogP) is 3.97. The van der Waals surface area contributed by atoms with Crippen LogP contribution in [0.4, 0.5) is 11.4 Å². The second kappa shape index (κ2) is 12.1. The van der Waals surface area contributed by atoms with Gasteiger partial charge in [-0.05, 0) is 61.2 Å². The fourth-order valence-electron chi connectivity index (χ4n) is 3.28. The number of anilines is 2. The van der Waals surface area contributed by atoms with Crippen LogP contribution < -0.4 is 20.8 Å². The normalized spacial score (nSPS) is 10.6. The quantitative estimate of drug-likeness (QED) is 0.262. The molecular weight excluding hydrogens is 444 g/mol. The number of hydrazone groups is 1. The van der Waals surface area contributed by atoms with Gasteiger partial charge in [0.1, 0.15) is 5.75 Å².